The summed E-state index contributed by atoms with van der Waals surface area (Å²) in [5, 5.41) is 0. The van der Waals surface area contributed by atoms with Crippen LogP contribution < -0.4 is 9.64 Å². The minimum atomic E-state index is -0.465. The Morgan fingerprint density at radius 2 is 1.64 bits per heavy atom. The molecule has 0 heterocycles. The van der Waals surface area contributed by atoms with Crippen LogP contribution >= 0.6 is 23.2 Å². The summed E-state index contributed by atoms with van der Waals surface area (Å²) in [5.41, 5.74) is 5.28. The van der Waals surface area contributed by atoms with Gasteiger partial charge in [-0.1, -0.05) is 43.3 Å². The lowest BCUT2D eigenvalue weighted by Gasteiger charge is -2.50. The summed E-state index contributed by atoms with van der Waals surface area (Å²) in [6.07, 6.45) is 7.30. The van der Waals surface area contributed by atoms with Crippen LogP contribution in [0.1, 0.15) is 84.8 Å². The number of rotatable bonds is 14. The van der Waals surface area contributed by atoms with Crippen LogP contribution in [-0.2, 0) is 31.9 Å². The van der Waals surface area contributed by atoms with Crippen molar-refractivity contribution in [3.05, 3.63) is 95.1 Å². The Bertz CT molecular complexity index is 1630. The van der Waals surface area contributed by atoms with Gasteiger partial charge in [-0.3, -0.25) is 4.79 Å². The van der Waals surface area contributed by atoms with E-state index < -0.39 is 5.97 Å². The SMILES string of the molecule is C[C@]12CCC3c4ccc(OC(=O)c5ccccc5)cc4CCC3C1CCC2OC(=O)COC(=O)CCCc1ccc(N(CCCl)CCCl)cc1. The van der Waals surface area contributed by atoms with E-state index >= 15 is 0 Å². The maximum atomic E-state index is 12.9. The molecule has 0 bridgehead atoms. The van der Waals surface area contributed by atoms with Gasteiger partial charge in [0.05, 0.1) is 5.56 Å². The molecule has 3 aliphatic carbocycles. The van der Waals surface area contributed by atoms with Gasteiger partial charge in [0.1, 0.15) is 11.9 Å². The topological polar surface area (TPSA) is 82.1 Å². The smallest absolute Gasteiger partial charge is 0.344 e. The van der Waals surface area contributed by atoms with Crippen molar-refractivity contribution in [3.63, 3.8) is 0 Å². The maximum Gasteiger partial charge on any atom is 0.344 e. The van der Waals surface area contributed by atoms with Crippen molar-refractivity contribution < 1.29 is 28.6 Å². The van der Waals surface area contributed by atoms with Gasteiger partial charge in [0.25, 0.3) is 0 Å². The molecule has 9 heteroatoms. The zero-order valence-corrected chi connectivity index (χ0v) is 30.3. The van der Waals surface area contributed by atoms with Crippen molar-refractivity contribution in [3.8, 4) is 5.75 Å². The normalized spacial score (nSPS) is 23.6. The van der Waals surface area contributed by atoms with E-state index in [-0.39, 0.29) is 36.5 Å². The Balaban J connectivity index is 0.952. The highest BCUT2D eigenvalue weighted by Crippen LogP contribution is 2.61. The van der Waals surface area contributed by atoms with Crippen molar-refractivity contribution in [1.29, 1.82) is 0 Å². The molecule has 2 saturated carbocycles. The van der Waals surface area contributed by atoms with Crippen LogP contribution in [-0.4, -0.2) is 55.5 Å². The molecule has 266 valence electrons. The van der Waals surface area contributed by atoms with Crippen molar-refractivity contribution in [2.45, 2.75) is 76.7 Å². The fourth-order valence-corrected chi connectivity index (χ4v) is 9.20. The fraction of sp³-hybridized carbons (Fsp3) is 0.488. The number of esters is 3. The second kappa shape index (κ2) is 16.6. The number of alkyl halides is 2. The first-order chi connectivity index (χ1) is 24.3. The highest BCUT2D eigenvalue weighted by molar-refractivity contribution is 6.18. The monoisotopic (exact) mass is 719 g/mol. The van der Waals surface area contributed by atoms with E-state index in [2.05, 4.69) is 42.2 Å². The number of hydrogen-bond donors (Lipinski definition) is 0. The van der Waals surface area contributed by atoms with Crippen LogP contribution in [0.3, 0.4) is 0 Å². The predicted molar refractivity (Wildman–Crippen MR) is 196 cm³/mol. The summed E-state index contributed by atoms with van der Waals surface area (Å²) in [7, 11) is 0. The first-order valence-corrected chi connectivity index (χ1v) is 19.1. The lowest BCUT2D eigenvalue weighted by atomic mass is 9.55. The molecule has 0 radical (unpaired) electrons. The van der Waals surface area contributed by atoms with Crippen LogP contribution in [0.2, 0.25) is 0 Å². The Labute approximate surface area is 305 Å². The number of nitrogens with zero attached hydrogens (tertiary/aromatic N) is 1. The average molecular weight is 721 g/mol. The molecule has 50 heavy (non-hydrogen) atoms. The van der Waals surface area contributed by atoms with Crippen molar-refractivity contribution in [2.75, 3.05) is 36.4 Å². The molecule has 3 aromatic carbocycles. The second-order valence-corrected chi connectivity index (χ2v) is 14.9. The molecular formula is C41H47Cl2NO6. The summed E-state index contributed by atoms with van der Waals surface area (Å²) < 4.78 is 17.1. The van der Waals surface area contributed by atoms with Crippen LogP contribution in [0.15, 0.2) is 72.8 Å². The number of halogens is 2. The van der Waals surface area contributed by atoms with Gasteiger partial charge in [0.15, 0.2) is 6.61 Å². The van der Waals surface area contributed by atoms with Crippen molar-refractivity contribution in [2.24, 2.45) is 17.3 Å². The number of carbonyl (C=O) groups is 3. The van der Waals surface area contributed by atoms with E-state index in [1.807, 2.05) is 30.3 Å². The molecule has 5 atom stereocenters. The van der Waals surface area contributed by atoms with Crippen molar-refractivity contribution >= 4 is 46.8 Å². The Morgan fingerprint density at radius 3 is 2.38 bits per heavy atom. The second-order valence-electron chi connectivity index (χ2n) is 14.2. The molecule has 2 fully saturated rings. The largest absolute Gasteiger partial charge is 0.459 e. The summed E-state index contributed by atoms with van der Waals surface area (Å²) in [5.74, 6) is 1.89. The summed E-state index contributed by atoms with van der Waals surface area (Å²) in [6, 6.07) is 23.4. The molecule has 0 aliphatic heterocycles. The molecule has 6 rings (SSSR count). The van der Waals surface area contributed by atoms with Crippen LogP contribution in [0, 0.1) is 17.3 Å². The van der Waals surface area contributed by atoms with Crippen LogP contribution in [0.4, 0.5) is 5.69 Å². The van der Waals surface area contributed by atoms with Crippen molar-refractivity contribution in [1.82, 2.24) is 0 Å². The Morgan fingerprint density at radius 1 is 0.880 bits per heavy atom. The van der Waals surface area contributed by atoms with Gasteiger partial charge in [-0.2, -0.15) is 0 Å². The standard InChI is InChI=1S/C41H47Cl2NO6/c1-41-21-20-34-33-17-15-32(49-40(47)29-7-3-2-4-8-29)26-30(33)12-16-35(34)36(41)18-19-37(41)50-39(46)27-48-38(45)9-5-6-28-10-13-31(14-11-28)44(24-22-42)25-23-43/h2-4,7-8,10-11,13-15,17,26,34-37H,5-6,9,12,16,18-25,27H2,1H3/t34?,35?,36?,37?,41-/m0/s1. The highest BCUT2D eigenvalue weighted by Gasteiger charge is 2.56. The number of hydrogen-bond acceptors (Lipinski definition) is 7. The number of anilines is 1. The minimum Gasteiger partial charge on any atom is -0.459 e. The third-order valence-electron chi connectivity index (χ3n) is 11.3. The molecule has 3 aromatic rings. The Hall–Kier alpha value is -3.55. The van der Waals surface area contributed by atoms with E-state index in [0.717, 1.165) is 69.3 Å². The molecule has 0 saturated heterocycles. The highest BCUT2D eigenvalue weighted by atomic mass is 35.5. The van der Waals surface area contributed by atoms with Gasteiger partial charge in [0, 0.05) is 42.4 Å². The number of carbonyl (C=O) groups excluding carboxylic acids is 3. The van der Waals surface area contributed by atoms with E-state index in [9.17, 15) is 14.4 Å². The number of aryl methyl sites for hydroxylation is 2. The molecule has 0 amide bonds. The van der Waals surface area contributed by atoms with E-state index in [1.165, 1.54) is 11.1 Å². The average Bonchev–Trinajstić information content (AvgIpc) is 3.46. The Kier molecular flexibility index (Phi) is 12.1. The molecular weight excluding hydrogens is 673 g/mol. The molecule has 0 N–H and O–H groups in total. The van der Waals surface area contributed by atoms with Crippen LogP contribution in [0.5, 0.6) is 5.75 Å². The van der Waals surface area contributed by atoms with Crippen LogP contribution in [0.25, 0.3) is 0 Å². The molecule has 0 spiro atoms. The third kappa shape index (κ3) is 8.32. The zero-order valence-electron chi connectivity index (χ0n) is 28.8. The third-order valence-corrected chi connectivity index (χ3v) is 11.7. The molecule has 3 aliphatic rings. The first-order valence-electron chi connectivity index (χ1n) is 18.0. The van der Waals surface area contributed by atoms with Gasteiger partial charge in [-0.25, -0.2) is 9.59 Å². The minimum absolute atomic E-state index is 0.0932. The molecule has 4 unspecified atom stereocenters. The summed E-state index contributed by atoms with van der Waals surface area (Å²) >= 11 is 11.9. The fourth-order valence-electron chi connectivity index (χ4n) is 8.80. The first kappa shape index (κ1) is 36.2. The summed E-state index contributed by atoms with van der Waals surface area (Å²) in [4.78, 5) is 40.1. The molecule has 0 aromatic heterocycles. The number of ether oxygens (including phenoxy) is 3. The van der Waals surface area contributed by atoms with E-state index in [1.54, 1.807) is 12.1 Å². The lowest BCUT2D eigenvalue weighted by molar-refractivity contribution is -0.168. The predicted octanol–water partition coefficient (Wildman–Crippen LogP) is 8.52. The zero-order chi connectivity index (χ0) is 35.1. The van der Waals surface area contributed by atoms with Gasteiger partial charge in [0.2, 0.25) is 0 Å². The molecule has 7 nitrogen and oxygen atoms in total. The number of fused-ring (bicyclic) bond motifs is 5. The lowest BCUT2D eigenvalue weighted by Crippen LogP contribution is -2.45. The van der Waals surface area contributed by atoms with Gasteiger partial charge < -0.3 is 19.1 Å². The van der Waals surface area contributed by atoms with Gasteiger partial charge in [-0.15, -0.1) is 23.2 Å². The van der Waals surface area contributed by atoms with E-state index in [4.69, 9.17) is 37.4 Å². The maximum absolute atomic E-state index is 12.9. The van der Waals surface area contributed by atoms with Gasteiger partial charge in [-0.05, 0) is 122 Å². The summed E-state index contributed by atoms with van der Waals surface area (Å²) in [6.45, 7) is 3.40. The van der Waals surface area contributed by atoms with Gasteiger partial charge >= 0.3 is 17.9 Å². The van der Waals surface area contributed by atoms with E-state index in [0.29, 0.717) is 47.2 Å². The number of benzene rings is 3. The quantitative estimate of drug-likeness (QED) is 0.0939.